The Morgan fingerprint density at radius 3 is 2.41 bits per heavy atom. The molecule has 1 aliphatic rings. The molecule has 1 amide bonds. The van der Waals surface area contributed by atoms with Gasteiger partial charge in [0.25, 0.3) is 0 Å². The Kier molecular flexibility index (Phi) is 5.71. The fraction of sp³-hybridized carbons (Fsp3) is 0.562. The van der Waals surface area contributed by atoms with Crippen molar-refractivity contribution in [3.05, 3.63) is 29.3 Å². The molecule has 1 heterocycles. The topological polar surface area (TPSA) is 55.6 Å². The summed E-state index contributed by atoms with van der Waals surface area (Å²) in [5.41, 5.74) is 5.59. The summed E-state index contributed by atoms with van der Waals surface area (Å²) < 4.78 is 34.0. The highest BCUT2D eigenvalue weighted by Crippen LogP contribution is 2.31. The van der Waals surface area contributed by atoms with Crippen LogP contribution in [-0.4, -0.2) is 32.2 Å². The highest BCUT2D eigenvalue weighted by atomic mass is 19.1. The molecule has 22 heavy (non-hydrogen) atoms. The minimum atomic E-state index is -0.918. The molecule has 0 aromatic heterocycles. The second-order valence-electron chi connectivity index (χ2n) is 5.52. The number of ether oxygens (including phenoxy) is 1. The minimum absolute atomic E-state index is 0.210. The number of carbonyl (C=O) groups is 1. The van der Waals surface area contributed by atoms with Crippen LogP contribution in [0.3, 0.4) is 0 Å². The van der Waals surface area contributed by atoms with Crippen LogP contribution in [-0.2, 0) is 9.53 Å². The second kappa shape index (κ2) is 7.54. The van der Waals surface area contributed by atoms with Crippen molar-refractivity contribution in [2.45, 2.75) is 32.1 Å². The third kappa shape index (κ3) is 3.74. The van der Waals surface area contributed by atoms with E-state index in [0.29, 0.717) is 44.8 Å². The number of carbonyl (C=O) groups excluding carboxylic acids is 1. The number of nitrogens with two attached hydrogens (primary N) is 1. The average Bonchev–Trinajstić information content (AvgIpc) is 2.50. The van der Waals surface area contributed by atoms with Gasteiger partial charge in [-0.3, -0.25) is 4.79 Å². The van der Waals surface area contributed by atoms with Gasteiger partial charge in [0.2, 0.25) is 5.91 Å². The van der Waals surface area contributed by atoms with Crippen LogP contribution in [0.2, 0.25) is 0 Å². The fourth-order valence-corrected chi connectivity index (χ4v) is 2.75. The Balaban J connectivity index is 2.30. The molecule has 0 spiro atoms. The second-order valence-corrected chi connectivity index (χ2v) is 5.52. The van der Waals surface area contributed by atoms with Crippen LogP contribution in [0, 0.1) is 11.6 Å². The van der Waals surface area contributed by atoms with Gasteiger partial charge < -0.3 is 15.4 Å². The molecule has 0 aliphatic carbocycles. The van der Waals surface area contributed by atoms with Gasteiger partial charge in [0, 0.05) is 24.3 Å². The first kappa shape index (κ1) is 16.7. The van der Waals surface area contributed by atoms with Crippen LogP contribution in [0.5, 0.6) is 0 Å². The van der Waals surface area contributed by atoms with Crippen LogP contribution in [0.4, 0.5) is 14.5 Å². The maximum Gasteiger partial charge on any atom is 0.225 e. The van der Waals surface area contributed by atoms with E-state index >= 15 is 0 Å². The normalized spacial score (nSPS) is 16.6. The number of morpholine rings is 1. The molecule has 4 nitrogen and oxygen atoms in total. The van der Waals surface area contributed by atoms with Crippen molar-refractivity contribution >= 4 is 11.6 Å². The van der Waals surface area contributed by atoms with Crippen LogP contribution in [0.15, 0.2) is 12.1 Å². The molecular formula is C16H22F2N2O2. The molecule has 0 saturated carbocycles. The summed E-state index contributed by atoms with van der Waals surface area (Å²) in [5.74, 6) is -3.02. The molecule has 1 unspecified atom stereocenters. The Morgan fingerprint density at radius 1 is 1.32 bits per heavy atom. The molecule has 1 saturated heterocycles. The van der Waals surface area contributed by atoms with Gasteiger partial charge in [0.1, 0.15) is 11.6 Å². The van der Waals surface area contributed by atoms with E-state index in [1.54, 1.807) is 0 Å². The lowest BCUT2D eigenvalue weighted by Crippen LogP contribution is -2.36. The van der Waals surface area contributed by atoms with Crippen molar-refractivity contribution in [2.24, 2.45) is 5.73 Å². The predicted molar refractivity (Wildman–Crippen MR) is 80.9 cm³/mol. The maximum absolute atomic E-state index is 14.4. The van der Waals surface area contributed by atoms with E-state index in [1.165, 1.54) is 12.1 Å². The Bertz CT molecular complexity index is 508. The van der Waals surface area contributed by atoms with E-state index < -0.39 is 23.5 Å². The average molecular weight is 312 g/mol. The van der Waals surface area contributed by atoms with Crippen molar-refractivity contribution < 1.29 is 18.3 Å². The monoisotopic (exact) mass is 312 g/mol. The fourth-order valence-electron chi connectivity index (χ4n) is 2.75. The standard InChI is InChI=1S/C16H22F2N2O2/c1-2-3-4-12(16(19)21)15-13(17)9-11(10-14(15)18)20-5-7-22-8-6-20/h9-10,12H,2-8H2,1H3,(H2,19,21). The van der Waals surface area contributed by atoms with Crippen molar-refractivity contribution in [3.8, 4) is 0 Å². The van der Waals surface area contributed by atoms with Crippen molar-refractivity contribution in [1.82, 2.24) is 0 Å². The molecule has 1 aliphatic heterocycles. The van der Waals surface area contributed by atoms with Gasteiger partial charge in [-0.1, -0.05) is 19.8 Å². The van der Waals surface area contributed by atoms with Crippen molar-refractivity contribution in [3.63, 3.8) is 0 Å². The summed E-state index contributed by atoms with van der Waals surface area (Å²) in [6.07, 6.45) is 1.88. The third-order valence-corrected chi connectivity index (χ3v) is 3.98. The molecular weight excluding hydrogens is 290 g/mol. The van der Waals surface area contributed by atoms with E-state index in [1.807, 2.05) is 11.8 Å². The molecule has 0 radical (unpaired) electrons. The highest BCUT2D eigenvalue weighted by Gasteiger charge is 2.26. The zero-order chi connectivity index (χ0) is 16.1. The molecule has 1 fully saturated rings. The number of halogens is 2. The number of primary amides is 1. The Labute approximate surface area is 129 Å². The van der Waals surface area contributed by atoms with Gasteiger partial charge in [-0.2, -0.15) is 0 Å². The van der Waals surface area contributed by atoms with Crippen LogP contribution in [0.25, 0.3) is 0 Å². The van der Waals surface area contributed by atoms with Gasteiger partial charge in [-0.25, -0.2) is 8.78 Å². The smallest absolute Gasteiger partial charge is 0.225 e. The van der Waals surface area contributed by atoms with E-state index in [9.17, 15) is 13.6 Å². The molecule has 0 bridgehead atoms. The SMILES string of the molecule is CCCCC(C(N)=O)c1c(F)cc(N2CCOCC2)cc1F. The molecule has 1 aromatic carbocycles. The summed E-state index contributed by atoms with van der Waals surface area (Å²) in [7, 11) is 0. The van der Waals surface area contributed by atoms with Gasteiger partial charge in [0.15, 0.2) is 0 Å². The Morgan fingerprint density at radius 2 is 1.91 bits per heavy atom. The van der Waals surface area contributed by atoms with Gasteiger partial charge in [-0.15, -0.1) is 0 Å². The van der Waals surface area contributed by atoms with Gasteiger partial charge in [0.05, 0.1) is 19.1 Å². The molecule has 1 atom stereocenters. The first-order chi connectivity index (χ1) is 10.5. The van der Waals surface area contributed by atoms with E-state index in [-0.39, 0.29) is 5.56 Å². The highest BCUT2D eigenvalue weighted by molar-refractivity contribution is 5.82. The summed E-state index contributed by atoms with van der Waals surface area (Å²) in [4.78, 5) is 13.4. The lowest BCUT2D eigenvalue weighted by molar-refractivity contribution is -0.119. The molecule has 6 heteroatoms. The van der Waals surface area contributed by atoms with Gasteiger partial charge in [-0.05, 0) is 18.6 Å². The maximum atomic E-state index is 14.4. The number of hydrogen-bond donors (Lipinski definition) is 1. The number of rotatable bonds is 6. The van der Waals surface area contributed by atoms with E-state index in [4.69, 9.17) is 10.5 Å². The van der Waals surface area contributed by atoms with Crippen LogP contribution < -0.4 is 10.6 Å². The lowest BCUT2D eigenvalue weighted by atomic mass is 9.91. The summed E-state index contributed by atoms with van der Waals surface area (Å²) >= 11 is 0. The zero-order valence-corrected chi connectivity index (χ0v) is 12.8. The summed E-state index contributed by atoms with van der Waals surface area (Å²) in [6, 6.07) is 2.57. The summed E-state index contributed by atoms with van der Waals surface area (Å²) in [5, 5.41) is 0. The number of anilines is 1. The Hall–Kier alpha value is -1.69. The molecule has 122 valence electrons. The number of unbranched alkanes of at least 4 members (excludes halogenated alkanes) is 1. The van der Waals surface area contributed by atoms with Crippen LogP contribution in [0.1, 0.15) is 37.7 Å². The molecule has 1 aromatic rings. The minimum Gasteiger partial charge on any atom is -0.378 e. The van der Waals surface area contributed by atoms with E-state index in [0.717, 1.165) is 6.42 Å². The molecule has 2 rings (SSSR count). The van der Waals surface area contributed by atoms with Crippen LogP contribution >= 0.6 is 0 Å². The number of amides is 1. The first-order valence-corrected chi connectivity index (χ1v) is 7.65. The first-order valence-electron chi connectivity index (χ1n) is 7.65. The number of hydrogen-bond acceptors (Lipinski definition) is 3. The van der Waals surface area contributed by atoms with Crippen molar-refractivity contribution in [2.75, 3.05) is 31.2 Å². The quantitative estimate of drug-likeness (QED) is 0.878. The van der Waals surface area contributed by atoms with E-state index in [2.05, 4.69) is 0 Å². The van der Waals surface area contributed by atoms with Gasteiger partial charge >= 0.3 is 0 Å². The van der Waals surface area contributed by atoms with Crippen molar-refractivity contribution in [1.29, 1.82) is 0 Å². The number of nitrogens with zero attached hydrogens (tertiary/aromatic N) is 1. The zero-order valence-electron chi connectivity index (χ0n) is 12.8. The predicted octanol–water partition coefficient (Wildman–Crippen LogP) is 2.56. The lowest BCUT2D eigenvalue weighted by Gasteiger charge is -2.29. The largest absolute Gasteiger partial charge is 0.378 e. The molecule has 2 N–H and O–H groups in total. The number of benzene rings is 1. The third-order valence-electron chi connectivity index (χ3n) is 3.98. The summed E-state index contributed by atoms with van der Waals surface area (Å²) in [6.45, 7) is 4.20.